The second-order valence-corrected chi connectivity index (χ2v) is 5.76. The molecule has 1 aromatic carbocycles. The van der Waals surface area contributed by atoms with Gasteiger partial charge in [-0.25, -0.2) is 0 Å². The second-order valence-electron chi connectivity index (χ2n) is 5.76. The molecule has 4 rings (SSSR count). The van der Waals surface area contributed by atoms with E-state index in [1.807, 2.05) is 36.7 Å². The first-order valence-corrected chi connectivity index (χ1v) is 7.46. The first-order chi connectivity index (χ1) is 10.8. The first-order valence-electron chi connectivity index (χ1n) is 7.46. The van der Waals surface area contributed by atoms with Crippen LogP contribution in [0.25, 0.3) is 33.2 Å². The summed E-state index contributed by atoms with van der Waals surface area (Å²) in [5, 5.41) is 2.16. The van der Waals surface area contributed by atoms with Crippen molar-refractivity contribution in [3.8, 4) is 11.3 Å². The summed E-state index contributed by atoms with van der Waals surface area (Å²) in [7, 11) is 0. The SMILES string of the molecule is CC(C)c1cncc2c1oc1c(-c3ccccn3)cccc12. The molecule has 0 aliphatic heterocycles. The Morgan fingerprint density at radius 1 is 0.909 bits per heavy atom. The number of aromatic nitrogens is 2. The standard InChI is InChI=1S/C19H16N2O/c1-12(2)15-10-20-11-16-13-6-5-7-14(18(13)22-19(15)16)17-8-3-4-9-21-17/h3-12H,1-2H3. The molecule has 0 amide bonds. The highest BCUT2D eigenvalue weighted by atomic mass is 16.3. The minimum absolute atomic E-state index is 0.370. The summed E-state index contributed by atoms with van der Waals surface area (Å²) < 4.78 is 6.25. The zero-order valence-electron chi connectivity index (χ0n) is 12.6. The molecule has 3 heterocycles. The van der Waals surface area contributed by atoms with Crippen LogP contribution in [0.3, 0.4) is 0 Å². The molecule has 0 bridgehead atoms. The Morgan fingerprint density at radius 2 is 1.82 bits per heavy atom. The van der Waals surface area contributed by atoms with Crippen LogP contribution in [-0.4, -0.2) is 9.97 Å². The Labute approximate surface area is 128 Å². The molecule has 3 aromatic heterocycles. The third kappa shape index (κ3) is 1.90. The molecule has 3 heteroatoms. The predicted octanol–water partition coefficient (Wildman–Crippen LogP) is 5.17. The van der Waals surface area contributed by atoms with Crippen LogP contribution in [0, 0.1) is 0 Å². The Bertz CT molecular complexity index is 955. The van der Waals surface area contributed by atoms with Gasteiger partial charge in [-0.3, -0.25) is 9.97 Å². The summed E-state index contributed by atoms with van der Waals surface area (Å²) in [6.07, 6.45) is 5.59. The van der Waals surface area contributed by atoms with Gasteiger partial charge in [0.15, 0.2) is 0 Å². The molecular weight excluding hydrogens is 272 g/mol. The van der Waals surface area contributed by atoms with Gasteiger partial charge in [0.25, 0.3) is 0 Å². The number of pyridine rings is 2. The fourth-order valence-electron chi connectivity index (χ4n) is 2.87. The summed E-state index contributed by atoms with van der Waals surface area (Å²) in [6, 6.07) is 12.1. The van der Waals surface area contributed by atoms with Crippen molar-refractivity contribution in [2.24, 2.45) is 0 Å². The topological polar surface area (TPSA) is 38.9 Å². The molecule has 0 spiro atoms. The van der Waals surface area contributed by atoms with E-state index in [1.165, 1.54) is 0 Å². The molecule has 0 radical (unpaired) electrons. The lowest BCUT2D eigenvalue weighted by molar-refractivity contribution is 0.656. The van der Waals surface area contributed by atoms with Crippen LogP contribution < -0.4 is 0 Å². The maximum Gasteiger partial charge on any atom is 0.144 e. The lowest BCUT2D eigenvalue weighted by Crippen LogP contribution is -1.88. The Hall–Kier alpha value is -2.68. The molecule has 4 aromatic rings. The molecule has 0 fully saturated rings. The van der Waals surface area contributed by atoms with Gasteiger partial charge in [0.05, 0.1) is 5.69 Å². The van der Waals surface area contributed by atoms with Crippen molar-refractivity contribution in [3.05, 3.63) is 60.6 Å². The molecule has 0 saturated heterocycles. The van der Waals surface area contributed by atoms with Gasteiger partial charge in [0, 0.05) is 40.5 Å². The number of furan rings is 1. The van der Waals surface area contributed by atoms with E-state index < -0.39 is 0 Å². The van der Waals surface area contributed by atoms with E-state index in [4.69, 9.17) is 4.42 Å². The van der Waals surface area contributed by atoms with Gasteiger partial charge in [-0.15, -0.1) is 0 Å². The highest BCUT2D eigenvalue weighted by Gasteiger charge is 2.16. The highest BCUT2D eigenvalue weighted by molar-refractivity contribution is 6.09. The van der Waals surface area contributed by atoms with Crippen molar-refractivity contribution >= 4 is 21.9 Å². The van der Waals surface area contributed by atoms with E-state index in [0.717, 1.165) is 38.8 Å². The Kier molecular flexibility index (Phi) is 2.93. The first kappa shape index (κ1) is 13.0. The van der Waals surface area contributed by atoms with Gasteiger partial charge in [-0.1, -0.05) is 32.0 Å². The third-order valence-corrected chi connectivity index (χ3v) is 4.00. The third-order valence-electron chi connectivity index (χ3n) is 4.00. The van der Waals surface area contributed by atoms with Crippen LogP contribution in [0.5, 0.6) is 0 Å². The smallest absolute Gasteiger partial charge is 0.144 e. The highest BCUT2D eigenvalue weighted by Crippen LogP contribution is 2.37. The van der Waals surface area contributed by atoms with Crippen molar-refractivity contribution < 1.29 is 4.42 Å². The average Bonchev–Trinajstić information content (AvgIpc) is 2.94. The quantitative estimate of drug-likeness (QED) is 0.511. The molecule has 0 aliphatic carbocycles. The van der Waals surface area contributed by atoms with E-state index >= 15 is 0 Å². The fourth-order valence-corrected chi connectivity index (χ4v) is 2.87. The van der Waals surface area contributed by atoms with E-state index in [2.05, 4.69) is 35.9 Å². The van der Waals surface area contributed by atoms with E-state index in [0.29, 0.717) is 5.92 Å². The zero-order valence-corrected chi connectivity index (χ0v) is 12.6. The summed E-state index contributed by atoms with van der Waals surface area (Å²) >= 11 is 0. The van der Waals surface area contributed by atoms with Gasteiger partial charge in [0.2, 0.25) is 0 Å². The molecule has 3 nitrogen and oxygen atoms in total. The van der Waals surface area contributed by atoms with Crippen molar-refractivity contribution in [2.45, 2.75) is 19.8 Å². The lowest BCUT2D eigenvalue weighted by atomic mass is 10.0. The molecule has 108 valence electrons. The van der Waals surface area contributed by atoms with Gasteiger partial charge < -0.3 is 4.42 Å². The van der Waals surface area contributed by atoms with E-state index in [9.17, 15) is 0 Å². The summed E-state index contributed by atoms with van der Waals surface area (Å²) in [6.45, 7) is 4.31. The van der Waals surface area contributed by atoms with Crippen LogP contribution in [0.1, 0.15) is 25.3 Å². The zero-order chi connectivity index (χ0) is 15.1. The van der Waals surface area contributed by atoms with Crippen LogP contribution in [-0.2, 0) is 0 Å². The van der Waals surface area contributed by atoms with Crippen LogP contribution in [0.4, 0.5) is 0 Å². The molecule has 22 heavy (non-hydrogen) atoms. The normalized spacial score (nSPS) is 11.6. The maximum atomic E-state index is 6.25. The lowest BCUT2D eigenvalue weighted by Gasteiger charge is -2.03. The molecular formula is C19H16N2O. The van der Waals surface area contributed by atoms with Gasteiger partial charge in [0.1, 0.15) is 11.2 Å². The minimum Gasteiger partial charge on any atom is -0.455 e. The maximum absolute atomic E-state index is 6.25. The second kappa shape index (κ2) is 4.95. The minimum atomic E-state index is 0.370. The summed E-state index contributed by atoms with van der Waals surface area (Å²) in [4.78, 5) is 8.83. The monoisotopic (exact) mass is 288 g/mol. The van der Waals surface area contributed by atoms with Gasteiger partial charge in [-0.05, 0) is 24.1 Å². The Morgan fingerprint density at radius 3 is 2.59 bits per heavy atom. The molecule has 0 saturated carbocycles. The largest absolute Gasteiger partial charge is 0.455 e. The van der Waals surface area contributed by atoms with Crippen molar-refractivity contribution in [2.75, 3.05) is 0 Å². The van der Waals surface area contributed by atoms with Crippen molar-refractivity contribution in [1.29, 1.82) is 0 Å². The molecule has 0 aliphatic rings. The van der Waals surface area contributed by atoms with Gasteiger partial charge >= 0.3 is 0 Å². The van der Waals surface area contributed by atoms with Crippen LogP contribution in [0.15, 0.2) is 59.4 Å². The fraction of sp³-hybridized carbons (Fsp3) is 0.158. The van der Waals surface area contributed by atoms with E-state index in [1.54, 1.807) is 6.20 Å². The summed E-state index contributed by atoms with van der Waals surface area (Å²) in [5.41, 5.74) is 4.89. The van der Waals surface area contributed by atoms with E-state index in [-0.39, 0.29) is 0 Å². The predicted molar refractivity (Wildman–Crippen MR) is 88.8 cm³/mol. The number of fused-ring (bicyclic) bond motifs is 3. The van der Waals surface area contributed by atoms with Crippen LogP contribution in [0.2, 0.25) is 0 Å². The Balaban J connectivity index is 2.10. The van der Waals surface area contributed by atoms with Crippen molar-refractivity contribution in [3.63, 3.8) is 0 Å². The number of rotatable bonds is 2. The van der Waals surface area contributed by atoms with Crippen LogP contribution >= 0.6 is 0 Å². The molecule has 0 atom stereocenters. The summed E-state index contributed by atoms with van der Waals surface area (Å²) in [5.74, 6) is 0.370. The van der Waals surface area contributed by atoms with Crippen molar-refractivity contribution in [1.82, 2.24) is 9.97 Å². The number of hydrogen-bond donors (Lipinski definition) is 0. The number of benzene rings is 1. The number of nitrogens with zero attached hydrogens (tertiary/aromatic N) is 2. The van der Waals surface area contributed by atoms with Gasteiger partial charge in [-0.2, -0.15) is 0 Å². The number of para-hydroxylation sites is 1. The molecule has 0 N–H and O–H groups in total. The average molecular weight is 288 g/mol. The molecule has 0 unspecified atom stereocenters. The number of hydrogen-bond acceptors (Lipinski definition) is 3.